The van der Waals surface area contributed by atoms with Gasteiger partial charge in [-0.3, -0.25) is 10.1 Å². The van der Waals surface area contributed by atoms with E-state index < -0.39 is 4.92 Å². The van der Waals surface area contributed by atoms with E-state index >= 15 is 0 Å². The summed E-state index contributed by atoms with van der Waals surface area (Å²) in [6.45, 7) is 8.39. The van der Waals surface area contributed by atoms with Gasteiger partial charge in [0.25, 0.3) is 5.69 Å². The first-order chi connectivity index (χ1) is 11.9. The van der Waals surface area contributed by atoms with Crippen LogP contribution < -0.4 is 0 Å². The van der Waals surface area contributed by atoms with E-state index in [0.717, 1.165) is 28.5 Å². The van der Waals surface area contributed by atoms with Gasteiger partial charge >= 0.3 is 0 Å². The lowest BCUT2D eigenvalue weighted by Crippen LogP contribution is -2.10. The van der Waals surface area contributed by atoms with Crippen LogP contribution in [0.4, 0.5) is 5.69 Å². The molecule has 0 fully saturated rings. The smallest absolute Gasteiger partial charge is 0.258 e. The molecule has 0 radical (unpaired) electrons. The summed E-state index contributed by atoms with van der Waals surface area (Å²) in [6, 6.07) is 8.45. The van der Waals surface area contributed by atoms with E-state index in [1.807, 2.05) is 10.7 Å². The van der Waals surface area contributed by atoms with Gasteiger partial charge in [-0.15, -0.1) is 0 Å². The van der Waals surface area contributed by atoms with Crippen LogP contribution in [0.3, 0.4) is 0 Å². The van der Waals surface area contributed by atoms with Crippen molar-refractivity contribution < 1.29 is 4.92 Å². The molecule has 0 amide bonds. The highest BCUT2D eigenvalue weighted by molar-refractivity contribution is 6.14. The lowest BCUT2D eigenvalue weighted by molar-refractivity contribution is -0.384. The molecule has 7 nitrogen and oxygen atoms in total. The van der Waals surface area contributed by atoms with Gasteiger partial charge in [0.1, 0.15) is 5.69 Å². The zero-order valence-electron chi connectivity index (χ0n) is 14.8. The molecule has 130 valence electrons. The van der Waals surface area contributed by atoms with Crippen molar-refractivity contribution in [2.75, 3.05) is 0 Å². The Balaban J connectivity index is 1.95. The molecule has 1 aromatic carbocycles. The Labute approximate surface area is 146 Å². The van der Waals surface area contributed by atoms with Crippen LogP contribution in [-0.2, 0) is 0 Å². The fourth-order valence-corrected chi connectivity index (χ4v) is 2.70. The van der Waals surface area contributed by atoms with Crippen LogP contribution in [0.25, 0.3) is 5.69 Å². The molecule has 0 aliphatic carbocycles. The van der Waals surface area contributed by atoms with Crippen molar-refractivity contribution in [3.8, 4) is 5.69 Å². The maximum Gasteiger partial charge on any atom is 0.269 e. The minimum absolute atomic E-state index is 0.0670. The molecule has 0 N–H and O–H groups in total. The van der Waals surface area contributed by atoms with Crippen molar-refractivity contribution >= 4 is 17.1 Å². The van der Waals surface area contributed by atoms with E-state index in [1.54, 1.807) is 12.1 Å². The summed E-state index contributed by atoms with van der Waals surface area (Å²) < 4.78 is 1.83. The predicted octanol–water partition coefficient (Wildman–Crippen LogP) is 4.11. The number of nitrogens with zero attached hydrogens (tertiary/aromatic N) is 5. The first kappa shape index (κ1) is 17.0. The quantitative estimate of drug-likeness (QED) is 0.607. The normalized spacial score (nSPS) is 14.2. The molecule has 1 aliphatic rings. The Kier molecular flexibility index (Phi) is 4.48. The zero-order valence-corrected chi connectivity index (χ0v) is 14.8. The molecule has 1 aliphatic heterocycles. The number of hydrogen-bond acceptors (Lipinski definition) is 5. The first-order valence-corrected chi connectivity index (χ1v) is 8.35. The number of non-ortho nitro benzene ring substituents is 1. The predicted molar refractivity (Wildman–Crippen MR) is 97.7 cm³/mol. The van der Waals surface area contributed by atoms with Crippen molar-refractivity contribution in [3.63, 3.8) is 0 Å². The second-order valence-corrected chi connectivity index (χ2v) is 6.76. The third-order valence-electron chi connectivity index (χ3n) is 4.24. The SMILES string of the molecule is CC(C)C1=NN=C(c2cc(C(C)C)n(-c3ccc([N+](=O)[O-])cc3)n2)C1. The van der Waals surface area contributed by atoms with Crippen LogP contribution >= 0.6 is 0 Å². The number of nitro groups is 1. The number of hydrogen-bond donors (Lipinski definition) is 0. The van der Waals surface area contributed by atoms with Crippen LogP contribution in [-0.4, -0.2) is 26.1 Å². The van der Waals surface area contributed by atoms with Gasteiger partial charge in [0.05, 0.1) is 16.3 Å². The Morgan fingerprint density at radius 3 is 2.28 bits per heavy atom. The minimum Gasteiger partial charge on any atom is -0.258 e. The molecular formula is C18H21N5O2. The summed E-state index contributed by atoms with van der Waals surface area (Å²) >= 11 is 0. The maximum atomic E-state index is 10.8. The van der Waals surface area contributed by atoms with Gasteiger partial charge in [-0.05, 0) is 30.0 Å². The van der Waals surface area contributed by atoms with E-state index in [0.29, 0.717) is 12.3 Å². The summed E-state index contributed by atoms with van der Waals surface area (Å²) in [4.78, 5) is 10.4. The molecule has 0 atom stereocenters. The van der Waals surface area contributed by atoms with Gasteiger partial charge in [0.15, 0.2) is 0 Å². The highest BCUT2D eigenvalue weighted by Crippen LogP contribution is 2.24. The second kappa shape index (κ2) is 6.58. The van der Waals surface area contributed by atoms with Gasteiger partial charge in [-0.25, -0.2) is 4.68 Å². The van der Waals surface area contributed by atoms with Crippen LogP contribution in [0.1, 0.15) is 51.4 Å². The van der Waals surface area contributed by atoms with Crippen LogP contribution in [0, 0.1) is 16.0 Å². The molecule has 0 spiro atoms. The largest absolute Gasteiger partial charge is 0.269 e. The van der Waals surface area contributed by atoms with E-state index in [2.05, 4.69) is 37.9 Å². The fraction of sp³-hybridized carbons (Fsp3) is 0.389. The summed E-state index contributed by atoms with van der Waals surface area (Å²) in [5.74, 6) is 0.617. The molecule has 1 aromatic heterocycles. The van der Waals surface area contributed by atoms with E-state index in [1.165, 1.54) is 12.1 Å². The van der Waals surface area contributed by atoms with Crippen LogP contribution in [0.5, 0.6) is 0 Å². The summed E-state index contributed by atoms with van der Waals surface area (Å²) in [6.07, 6.45) is 0.715. The van der Waals surface area contributed by atoms with Crippen molar-refractivity contribution in [2.24, 2.45) is 16.1 Å². The molecule has 2 heterocycles. The second-order valence-electron chi connectivity index (χ2n) is 6.76. The first-order valence-electron chi connectivity index (χ1n) is 8.35. The van der Waals surface area contributed by atoms with Gasteiger partial charge < -0.3 is 0 Å². The van der Waals surface area contributed by atoms with Gasteiger partial charge in [-0.2, -0.15) is 15.3 Å². The summed E-state index contributed by atoms with van der Waals surface area (Å²) in [7, 11) is 0. The molecule has 0 unspecified atom stereocenters. The molecule has 2 aromatic rings. The number of aromatic nitrogens is 2. The van der Waals surface area contributed by atoms with E-state index in [-0.39, 0.29) is 11.6 Å². The van der Waals surface area contributed by atoms with E-state index in [4.69, 9.17) is 5.10 Å². The summed E-state index contributed by atoms with van der Waals surface area (Å²) in [5, 5.41) is 24.1. The van der Waals surface area contributed by atoms with Crippen LogP contribution in [0.15, 0.2) is 40.5 Å². The van der Waals surface area contributed by atoms with Gasteiger partial charge in [0, 0.05) is 30.0 Å². The molecule has 0 bridgehead atoms. The van der Waals surface area contributed by atoms with Crippen molar-refractivity contribution in [3.05, 3.63) is 51.8 Å². The molecular weight excluding hydrogens is 318 g/mol. The van der Waals surface area contributed by atoms with Gasteiger partial charge in [-0.1, -0.05) is 27.7 Å². The topological polar surface area (TPSA) is 85.7 Å². The maximum absolute atomic E-state index is 10.8. The van der Waals surface area contributed by atoms with Crippen LogP contribution in [0.2, 0.25) is 0 Å². The number of benzene rings is 1. The van der Waals surface area contributed by atoms with E-state index in [9.17, 15) is 10.1 Å². The Morgan fingerprint density at radius 2 is 1.76 bits per heavy atom. The molecule has 0 saturated heterocycles. The highest BCUT2D eigenvalue weighted by Gasteiger charge is 2.22. The molecule has 0 saturated carbocycles. The highest BCUT2D eigenvalue weighted by atomic mass is 16.6. The number of rotatable bonds is 5. The standard InChI is InChI=1S/C18H21N5O2/c1-11(2)15-9-16(20-19-15)17-10-18(12(3)4)22(21-17)13-5-7-14(8-6-13)23(24)25/h5-8,10-12H,9H2,1-4H3. The minimum atomic E-state index is -0.403. The Morgan fingerprint density at radius 1 is 1.08 bits per heavy atom. The Bertz CT molecular complexity index is 860. The third-order valence-corrected chi connectivity index (χ3v) is 4.24. The molecule has 3 rings (SSSR count). The lowest BCUT2D eigenvalue weighted by Gasteiger charge is -2.09. The molecule has 25 heavy (non-hydrogen) atoms. The lowest BCUT2D eigenvalue weighted by atomic mass is 10.0. The third kappa shape index (κ3) is 3.35. The van der Waals surface area contributed by atoms with Crippen molar-refractivity contribution in [1.29, 1.82) is 0 Å². The number of nitro benzene ring substituents is 1. The Hall–Kier alpha value is -2.83. The molecule has 7 heteroatoms. The fourth-order valence-electron chi connectivity index (χ4n) is 2.70. The van der Waals surface area contributed by atoms with Crippen molar-refractivity contribution in [1.82, 2.24) is 9.78 Å². The van der Waals surface area contributed by atoms with Crippen molar-refractivity contribution in [2.45, 2.75) is 40.0 Å². The monoisotopic (exact) mass is 339 g/mol. The summed E-state index contributed by atoms with van der Waals surface area (Å²) in [5.41, 5.74) is 4.63. The average molecular weight is 339 g/mol. The average Bonchev–Trinajstić information content (AvgIpc) is 3.22. The van der Waals surface area contributed by atoms with Gasteiger partial charge in [0.2, 0.25) is 0 Å². The zero-order chi connectivity index (χ0) is 18.1.